The summed E-state index contributed by atoms with van der Waals surface area (Å²) in [5.74, 6) is -1.12. The van der Waals surface area contributed by atoms with Crippen molar-refractivity contribution in [3.05, 3.63) is 46.5 Å². The van der Waals surface area contributed by atoms with E-state index < -0.39 is 23.1 Å². The number of hydrogen-bond donors (Lipinski definition) is 0. The van der Waals surface area contributed by atoms with Gasteiger partial charge in [0.1, 0.15) is 11.2 Å². The molecular formula is C17H18O5. The van der Waals surface area contributed by atoms with Gasteiger partial charge in [-0.1, -0.05) is 31.2 Å². The minimum absolute atomic E-state index is 0.238. The third-order valence-corrected chi connectivity index (χ3v) is 4.66. The minimum atomic E-state index is -0.997. The highest BCUT2D eigenvalue weighted by molar-refractivity contribution is 6.05. The van der Waals surface area contributed by atoms with Gasteiger partial charge < -0.3 is 14.2 Å². The first kappa shape index (κ1) is 14.8. The third kappa shape index (κ3) is 1.52. The minimum Gasteiger partial charge on any atom is -0.466 e. The van der Waals surface area contributed by atoms with Gasteiger partial charge in [0.15, 0.2) is 0 Å². The largest absolute Gasteiger partial charge is 0.466 e. The number of carbonyl (C=O) groups is 2. The SMILES string of the molecule is CCC12OC(C)(C(C(=O)OC)=C1C(=O)OC)c1ccccc12. The van der Waals surface area contributed by atoms with E-state index in [0.29, 0.717) is 6.42 Å². The molecule has 0 fully saturated rings. The van der Waals surface area contributed by atoms with Crippen LogP contribution in [-0.4, -0.2) is 26.2 Å². The first-order valence-electron chi connectivity index (χ1n) is 7.18. The summed E-state index contributed by atoms with van der Waals surface area (Å²) in [6.45, 7) is 3.72. The molecule has 0 spiro atoms. The molecule has 2 atom stereocenters. The molecule has 116 valence electrons. The van der Waals surface area contributed by atoms with E-state index >= 15 is 0 Å². The average molecular weight is 302 g/mol. The lowest BCUT2D eigenvalue weighted by molar-refractivity contribution is -0.140. The van der Waals surface area contributed by atoms with Gasteiger partial charge in [-0.3, -0.25) is 0 Å². The Morgan fingerprint density at radius 3 is 2.14 bits per heavy atom. The molecular weight excluding hydrogens is 284 g/mol. The molecule has 2 bridgehead atoms. The molecule has 0 aliphatic carbocycles. The molecule has 22 heavy (non-hydrogen) atoms. The summed E-state index contributed by atoms with van der Waals surface area (Å²) in [5.41, 5.74) is 0.344. The van der Waals surface area contributed by atoms with Crippen LogP contribution in [0.1, 0.15) is 31.4 Å². The second-order valence-electron chi connectivity index (χ2n) is 5.59. The molecule has 0 saturated heterocycles. The lowest BCUT2D eigenvalue weighted by atomic mass is 9.72. The molecule has 2 aliphatic rings. The van der Waals surface area contributed by atoms with E-state index in [1.54, 1.807) is 6.92 Å². The molecule has 0 radical (unpaired) electrons. The quantitative estimate of drug-likeness (QED) is 0.801. The number of esters is 2. The Hall–Kier alpha value is -2.14. The monoisotopic (exact) mass is 302 g/mol. The molecule has 2 unspecified atom stereocenters. The third-order valence-electron chi connectivity index (χ3n) is 4.66. The molecule has 2 heterocycles. The zero-order chi connectivity index (χ0) is 16.1. The van der Waals surface area contributed by atoms with Crippen molar-refractivity contribution >= 4 is 11.9 Å². The van der Waals surface area contributed by atoms with Crippen LogP contribution >= 0.6 is 0 Å². The molecule has 0 amide bonds. The molecule has 1 aromatic rings. The average Bonchev–Trinajstić information content (AvgIpc) is 2.98. The van der Waals surface area contributed by atoms with E-state index in [4.69, 9.17) is 14.2 Å². The van der Waals surface area contributed by atoms with Gasteiger partial charge in [-0.15, -0.1) is 0 Å². The fourth-order valence-electron chi connectivity index (χ4n) is 3.73. The number of methoxy groups -OCH3 is 2. The molecule has 3 rings (SSSR count). The topological polar surface area (TPSA) is 61.8 Å². The summed E-state index contributed by atoms with van der Waals surface area (Å²) in [4.78, 5) is 24.7. The number of hydrogen-bond acceptors (Lipinski definition) is 5. The van der Waals surface area contributed by atoms with Gasteiger partial charge in [-0.2, -0.15) is 0 Å². The van der Waals surface area contributed by atoms with E-state index in [1.807, 2.05) is 31.2 Å². The molecule has 2 aliphatic heterocycles. The van der Waals surface area contributed by atoms with Gasteiger partial charge in [-0.25, -0.2) is 9.59 Å². The molecule has 0 N–H and O–H groups in total. The Kier molecular flexibility index (Phi) is 3.14. The van der Waals surface area contributed by atoms with Gasteiger partial charge >= 0.3 is 11.9 Å². The van der Waals surface area contributed by atoms with E-state index in [-0.39, 0.29) is 11.1 Å². The van der Waals surface area contributed by atoms with Crippen molar-refractivity contribution in [2.75, 3.05) is 14.2 Å². The number of ether oxygens (including phenoxy) is 3. The van der Waals surface area contributed by atoms with Crippen LogP contribution < -0.4 is 0 Å². The summed E-state index contributed by atoms with van der Waals surface area (Å²) < 4.78 is 16.1. The van der Waals surface area contributed by atoms with E-state index in [2.05, 4.69) is 0 Å². The molecule has 5 nitrogen and oxygen atoms in total. The van der Waals surface area contributed by atoms with Gasteiger partial charge in [0.2, 0.25) is 0 Å². The summed E-state index contributed by atoms with van der Waals surface area (Å²) >= 11 is 0. The smallest absolute Gasteiger partial charge is 0.337 e. The molecule has 0 saturated carbocycles. The Bertz CT molecular complexity index is 705. The summed E-state index contributed by atoms with van der Waals surface area (Å²) in [5, 5.41) is 0. The normalized spacial score (nSPS) is 28.5. The maximum atomic E-state index is 12.4. The Morgan fingerprint density at radius 1 is 1.05 bits per heavy atom. The first-order chi connectivity index (χ1) is 10.5. The summed E-state index contributed by atoms with van der Waals surface area (Å²) in [7, 11) is 2.60. The highest BCUT2D eigenvalue weighted by Crippen LogP contribution is 2.62. The zero-order valence-electron chi connectivity index (χ0n) is 13.1. The molecule has 1 aromatic carbocycles. The second kappa shape index (κ2) is 4.68. The highest BCUT2D eigenvalue weighted by Gasteiger charge is 2.65. The fraction of sp³-hybridized carbons (Fsp3) is 0.412. The van der Waals surface area contributed by atoms with Gasteiger partial charge in [0, 0.05) is 0 Å². The van der Waals surface area contributed by atoms with E-state index in [9.17, 15) is 9.59 Å². The van der Waals surface area contributed by atoms with Crippen LogP contribution in [-0.2, 0) is 35.0 Å². The van der Waals surface area contributed by atoms with Crippen LogP contribution in [0, 0.1) is 0 Å². The van der Waals surface area contributed by atoms with Crippen LogP contribution in [0.5, 0.6) is 0 Å². The van der Waals surface area contributed by atoms with Gasteiger partial charge in [0.25, 0.3) is 0 Å². The summed E-state index contributed by atoms with van der Waals surface area (Å²) in [6, 6.07) is 7.64. The predicted molar refractivity (Wildman–Crippen MR) is 77.9 cm³/mol. The van der Waals surface area contributed by atoms with E-state index in [1.165, 1.54) is 14.2 Å². The predicted octanol–water partition coefficient (Wildman–Crippen LogP) is 2.19. The Morgan fingerprint density at radius 2 is 1.59 bits per heavy atom. The van der Waals surface area contributed by atoms with Crippen LogP contribution in [0.3, 0.4) is 0 Å². The summed E-state index contributed by atoms with van der Waals surface area (Å²) in [6.07, 6.45) is 0.518. The Labute approximate surface area is 128 Å². The number of rotatable bonds is 3. The van der Waals surface area contributed by atoms with Gasteiger partial charge in [0.05, 0.1) is 25.4 Å². The van der Waals surface area contributed by atoms with Gasteiger partial charge in [-0.05, 0) is 24.5 Å². The van der Waals surface area contributed by atoms with Crippen molar-refractivity contribution in [2.24, 2.45) is 0 Å². The molecule has 5 heteroatoms. The van der Waals surface area contributed by atoms with Crippen molar-refractivity contribution in [1.29, 1.82) is 0 Å². The van der Waals surface area contributed by atoms with E-state index in [0.717, 1.165) is 11.1 Å². The lowest BCUT2D eigenvalue weighted by Crippen LogP contribution is -2.32. The zero-order valence-corrected chi connectivity index (χ0v) is 13.1. The van der Waals surface area contributed by atoms with Crippen molar-refractivity contribution in [3.8, 4) is 0 Å². The lowest BCUT2D eigenvalue weighted by Gasteiger charge is -2.28. The second-order valence-corrected chi connectivity index (χ2v) is 5.59. The number of fused-ring (bicyclic) bond motifs is 5. The van der Waals surface area contributed by atoms with Crippen LogP contribution in [0.4, 0.5) is 0 Å². The number of benzene rings is 1. The fourth-order valence-corrected chi connectivity index (χ4v) is 3.73. The van der Waals surface area contributed by atoms with Crippen molar-refractivity contribution < 1.29 is 23.8 Å². The van der Waals surface area contributed by atoms with Crippen LogP contribution in [0.2, 0.25) is 0 Å². The van der Waals surface area contributed by atoms with Crippen molar-refractivity contribution in [2.45, 2.75) is 31.5 Å². The van der Waals surface area contributed by atoms with Crippen LogP contribution in [0.15, 0.2) is 35.4 Å². The maximum absolute atomic E-state index is 12.4. The first-order valence-corrected chi connectivity index (χ1v) is 7.18. The maximum Gasteiger partial charge on any atom is 0.337 e. The standard InChI is InChI=1S/C17H18O5/c1-5-17-11-9-7-6-8-10(11)16(2,22-17)12(14(18)20-3)13(17)15(19)21-4/h6-9H,5H2,1-4H3. The van der Waals surface area contributed by atoms with Crippen molar-refractivity contribution in [3.63, 3.8) is 0 Å². The molecule has 0 aromatic heterocycles. The Balaban J connectivity index is 2.37. The van der Waals surface area contributed by atoms with Crippen LogP contribution in [0.25, 0.3) is 0 Å². The highest BCUT2D eigenvalue weighted by atomic mass is 16.6. The van der Waals surface area contributed by atoms with Crippen molar-refractivity contribution in [1.82, 2.24) is 0 Å². The number of carbonyl (C=O) groups excluding carboxylic acids is 2.